The Morgan fingerprint density at radius 1 is 1.19 bits per heavy atom. The average molecular weight is 292 g/mol. The van der Waals surface area contributed by atoms with Crippen LogP contribution in [0.2, 0.25) is 0 Å². The molecule has 0 saturated heterocycles. The summed E-state index contributed by atoms with van der Waals surface area (Å²) in [5, 5.41) is 0. The van der Waals surface area contributed by atoms with Crippen LogP contribution in [0, 0.1) is 0 Å². The van der Waals surface area contributed by atoms with Crippen LogP contribution in [-0.4, -0.2) is 31.6 Å². The van der Waals surface area contributed by atoms with Gasteiger partial charge in [0.25, 0.3) is 5.78 Å². The molecule has 0 amide bonds. The van der Waals surface area contributed by atoms with Crippen molar-refractivity contribution in [3.63, 3.8) is 0 Å². The highest BCUT2D eigenvalue weighted by Crippen LogP contribution is 2.32. The van der Waals surface area contributed by atoms with Crippen LogP contribution in [0.5, 0.6) is 11.5 Å². The van der Waals surface area contributed by atoms with Gasteiger partial charge in [-0.25, -0.2) is 4.79 Å². The number of esters is 1. The van der Waals surface area contributed by atoms with Gasteiger partial charge in [-0.1, -0.05) is 0 Å². The molecule has 0 spiro atoms. The molecule has 5 heteroatoms. The molecular formula is C16H20O5. The van der Waals surface area contributed by atoms with Gasteiger partial charge in [-0.2, -0.15) is 0 Å². The Morgan fingerprint density at radius 2 is 1.90 bits per heavy atom. The summed E-state index contributed by atoms with van der Waals surface area (Å²) in [6.45, 7) is 1.83. The zero-order valence-electron chi connectivity index (χ0n) is 12.4. The van der Waals surface area contributed by atoms with E-state index in [1.807, 2.05) is 0 Å². The van der Waals surface area contributed by atoms with E-state index in [1.165, 1.54) is 0 Å². The summed E-state index contributed by atoms with van der Waals surface area (Å²) in [6, 6.07) is 4.73. The quantitative estimate of drug-likeness (QED) is 0.458. The minimum Gasteiger partial charge on any atom is -0.493 e. The fourth-order valence-electron chi connectivity index (χ4n) is 2.41. The van der Waals surface area contributed by atoms with E-state index >= 15 is 0 Å². The monoisotopic (exact) mass is 292 g/mol. The second-order valence-corrected chi connectivity index (χ2v) is 4.94. The summed E-state index contributed by atoms with van der Waals surface area (Å²) in [4.78, 5) is 23.5. The summed E-state index contributed by atoms with van der Waals surface area (Å²) >= 11 is 0. The maximum atomic E-state index is 12.0. The molecule has 0 aliphatic heterocycles. The van der Waals surface area contributed by atoms with Crippen LogP contribution in [0.3, 0.4) is 0 Å². The van der Waals surface area contributed by atoms with E-state index in [-0.39, 0.29) is 18.3 Å². The molecule has 1 saturated carbocycles. The van der Waals surface area contributed by atoms with Crippen molar-refractivity contribution in [3.8, 4) is 11.5 Å². The van der Waals surface area contributed by atoms with Crippen LogP contribution >= 0.6 is 0 Å². The SMILES string of the molecule is CCOC(=O)C(=O)c1ccc(OC)c(OC2CCCC2)c1. The third-order valence-corrected chi connectivity index (χ3v) is 3.48. The number of Topliss-reactive ketones (excluding diaryl/α,β-unsaturated/α-hetero) is 1. The van der Waals surface area contributed by atoms with E-state index in [0.29, 0.717) is 11.5 Å². The summed E-state index contributed by atoms with van der Waals surface area (Å²) in [6.07, 6.45) is 4.44. The molecule has 5 nitrogen and oxygen atoms in total. The van der Waals surface area contributed by atoms with Gasteiger partial charge in [0.1, 0.15) is 0 Å². The molecule has 0 bridgehead atoms. The highest BCUT2D eigenvalue weighted by molar-refractivity contribution is 6.40. The Morgan fingerprint density at radius 3 is 2.52 bits per heavy atom. The van der Waals surface area contributed by atoms with Gasteiger partial charge >= 0.3 is 5.97 Å². The molecule has 0 heterocycles. The van der Waals surface area contributed by atoms with E-state index in [1.54, 1.807) is 32.2 Å². The van der Waals surface area contributed by atoms with E-state index in [4.69, 9.17) is 14.2 Å². The first-order valence-corrected chi connectivity index (χ1v) is 7.21. The van der Waals surface area contributed by atoms with Crippen molar-refractivity contribution in [2.24, 2.45) is 0 Å². The molecule has 1 aromatic carbocycles. The lowest BCUT2D eigenvalue weighted by Gasteiger charge is -2.16. The number of methoxy groups -OCH3 is 1. The van der Waals surface area contributed by atoms with Crippen molar-refractivity contribution in [3.05, 3.63) is 23.8 Å². The maximum absolute atomic E-state index is 12.0. The number of rotatable bonds is 6. The summed E-state index contributed by atoms with van der Waals surface area (Å²) in [7, 11) is 1.55. The van der Waals surface area contributed by atoms with Crippen LogP contribution in [0.15, 0.2) is 18.2 Å². The molecule has 114 valence electrons. The molecule has 1 aliphatic rings. The Bertz CT molecular complexity index is 517. The first-order chi connectivity index (χ1) is 10.2. The molecule has 1 fully saturated rings. The van der Waals surface area contributed by atoms with Gasteiger partial charge in [-0.05, 0) is 50.8 Å². The average Bonchev–Trinajstić information content (AvgIpc) is 2.99. The number of benzene rings is 1. The highest BCUT2D eigenvalue weighted by Gasteiger charge is 2.22. The molecule has 0 atom stereocenters. The minimum absolute atomic E-state index is 0.145. The number of hydrogen-bond donors (Lipinski definition) is 0. The maximum Gasteiger partial charge on any atom is 0.379 e. The number of hydrogen-bond acceptors (Lipinski definition) is 5. The molecule has 0 unspecified atom stereocenters. The Balaban J connectivity index is 2.19. The molecule has 2 rings (SSSR count). The van der Waals surface area contributed by atoms with Crippen molar-refractivity contribution < 1.29 is 23.8 Å². The van der Waals surface area contributed by atoms with Crippen LogP contribution in [0.25, 0.3) is 0 Å². The van der Waals surface area contributed by atoms with Gasteiger partial charge in [-0.15, -0.1) is 0 Å². The largest absolute Gasteiger partial charge is 0.493 e. The summed E-state index contributed by atoms with van der Waals surface area (Å²) in [5.41, 5.74) is 0.252. The van der Waals surface area contributed by atoms with E-state index in [2.05, 4.69) is 0 Å². The summed E-state index contributed by atoms with van der Waals surface area (Å²) in [5.74, 6) is -0.466. The Labute approximate surface area is 124 Å². The van der Waals surface area contributed by atoms with Crippen LogP contribution in [0.4, 0.5) is 0 Å². The highest BCUT2D eigenvalue weighted by atomic mass is 16.5. The van der Waals surface area contributed by atoms with Gasteiger partial charge in [0.15, 0.2) is 11.5 Å². The minimum atomic E-state index is -0.852. The molecule has 0 N–H and O–H groups in total. The van der Waals surface area contributed by atoms with Crippen molar-refractivity contribution in [1.82, 2.24) is 0 Å². The van der Waals surface area contributed by atoms with Crippen LogP contribution < -0.4 is 9.47 Å². The first-order valence-electron chi connectivity index (χ1n) is 7.21. The van der Waals surface area contributed by atoms with E-state index < -0.39 is 11.8 Å². The molecule has 21 heavy (non-hydrogen) atoms. The normalized spacial score (nSPS) is 14.8. The Kier molecular flexibility index (Phi) is 5.20. The van der Waals surface area contributed by atoms with Gasteiger partial charge in [0.05, 0.1) is 19.8 Å². The van der Waals surface area contributed by atoms with Gasteiger partial charge in [0.2, 0.25) is 0 Å². The standard InChI is InChI=1S/C16H20O5/c1-3-20-16(18)15(17)11-8-9-13(19-2)14(10-11)21-12-6-4-5-7-12/h8-10,12H,3-7H2,1-2H3. The molecule has 0 aromatic heterocycles. The van der Waals surface area contributed by atoms with Crippen LogP contribution in [-0.2, 0) is 9.53 Å². The third kappa shape index (κ3) is 3.74. The van der Waals surface area contributed by atoms with E-state index in [0.717, 1.165) is 25.7 Å². The van der Waals surface area contributed by atoms with Gasteiger partial charge < -0.3 is 14.2 Å². The zero-order valence-corrected chi connectivity index (χ0v) is 12.4. The molecular weight excluding hydrogens is 272 g/mol. The second kappa shape index (κ2) is 7.11. The fraction of sp³-hybridized carbons (Fsp3) is 0.500. The molecule has 1 aliphatic carbocycles. The lowest BCUT2D eigenvalue weighted by molar-refractivity contribution is -0.137. The van der Waals surface area contributed by atoms with Crippen molar-refractivity contribution in [2.75, 3.05) is 13.7 Å². The van der Waals surface area contributed by atoms with Crippen molar-refractivity contribution in [2.45, 2.75) is 38.7 Å². The third-order valence-electron chi connectivity index (χ3n) is 3.48. The van der Waals surface area contributed by atoms with E-state index in [9.17, 15) is 9.59 Å². The van der Waals surface area contributed by atoms with Crippen molar-refractivity contribution >= 4 is 11.8 Å². The predicted octanol–water partition coefficient (Wildman–Crippen LogP) is 2.76. The second-order valence-electron chi connectivity index (χ2n) is 4.94. The smallest absolute Gasteiger partial charge is 0.379 e. The van der Waals surface area contributed by atoms with Gasteiger partial charge in [-0.3, -0.25) is 4.79 Å². The van der Waals surface area contributed by atoms with Gasteiger partial charge in [0, 0.05) is 5.56 Å². The summed E-state index contributed by atoms with van der Waals surface area (Å²) < 4.78 is 15.9. The number of ether oxygens (including phenoxy) is 3. The molecule has 1 aromatic rings. The number of carbonyl (C=O) groups is 2. The Hall–Kier alpha value is -2.04. The predicted molar refractivity (Wildman–Crippen MR) is 76.8 cm³/mol. The van der Waals surface area contributed by atoms with Crippen molar-refractivity contribution in [1.29, 1.82) is 0 Å². The lowest BCUT2D eigenvalue weighted by atomic mass is 10.1. The topological polar surface area (TPSA) is 61.8 Å². The molecule has 0 radical (unpaired) electrons. The zero-order chi connectivity index (χ0) is 15.2. The first kappa shape index (κ1) is 15.4. The fourth-order valence-corrected chi connectivity index (χ4v) is 2.41. The van der Waals surface area contributed by atoms with Crippen LogP contribution in [0.1, 0.15) is 43.0 Å². The number of carbonyl (C=O) groups excluding carboxylic acids is 2. The number of ketones is 1. The lowest BCUT2D eigenvalue weighted by Crippen LogP contribution is -2.18.